The lowest BCUT2D eigenvalue weighted by atomic mass is 10.2. The van der Waals surface area contributed by atoms with E-state index >= 15 is 0 Å². The van der Waals surface area contributed by atoms with Gasteiger partial charge in [0.2, 0.25) is 5.95 Å². The summed E-state index contributed by atoms with van der Waals surface area (Å²) in [7, 11) is 1.58. The summed E-state index contributed by atoms with van der Waals surface area (Å²) in [5, 5.41) is 3.14. The molecule has 2 N–H and O–H groups in total. The predicted molar refractivity (Wildman–Crippen MR) is 105 cm³/mol. The number of benzene rings is 2. The van der Waals surface area contributed by atoms with Crippen LogP contribution in [0.25, 0.3) is 11.2 Å². The second kappa shape index (κ2) is 7.34. The number of methoxy groups -OCH3 is 1. The summed E-state index contributed by atoms with van der Waals surface area (Å²) in [4.78, 5) is 23.5. The van der Waals surface area contributed by atoms with Crippen molar-refractivity contribution in [2.45, 2.75) is 13.5 Å². The van der Waals surface area contributed by atoms with Crippen molar-refractivity contribution < 1.29 is 13.5 Å². The Bertz CT molecular complexity index is 1270. The van der Waals surface area contributed by atoms with Crippen molar-refractivity contribution >= 4 is 22.8 Å². The van der Waals surface area contributed by atoms with E-state index in [1.165, 1.54) is 12.4 Å². The quantitative estimate of drug-likeness (QED) is 0.538. The molecule has 0 saturated heterocycles. The van der Waals surface area contributed by atoms with E-state index in [9.17, 15) is 13.6 Å². The maximum Gasteiger partial charge on any atom is 0.300 e. The van der Waals surface area contributed by atoms with Crippen molar-refractivity contribution in [3.63, 3.8) is 0 Å². The van der Waals surface area contributed by atoms with Crippen LogP contribution in [-0.4, -0.2) is 26.6 Å². The predicted octanol–water partition coefficient (Wildman–Crippen LogP) is 3.51. The molecule has 148 valence electrons. The number of nitrogens with zero attached hydrogens (tertiary/aromatic N) is 3. The first-order valence-electron chi connectivity index (χ1n) is 8.76. The zero-order valence-electron chi connectivity index (χ0n) is 15.7. The lowest BCUT2D eigenvalue weighted by molar-refractivity contribution is 0.414. The fourth-order valence-corrected chi connectivity index (χ4v) is 3.05. The third-order valence-corrected chi connectivity index (χ3v) is 4.56. The molecule has 9 heteroatoms. The molecule has 4 rings (SSSR count). The van der Waals surface area contributed by atoms with Crippen LogP contribution in [0.4, 0.5) is 20.4 Å². The number of rotatable bonds is 5. The van der Waals surface area contributed by atoms with Gasteiger partial charge in [-0.25, -0.2) is 13.8 Å². The van der Waals surface area contributed by atoms with Gasteiger partial charge in [-0.3, -0.25) is 9.36 Å². The molecule has 2 heterocycles. The molecule has 4 aromatic rings. The molecule has 29 heavy (non-hydrogen) atoms. The largest absolute Gasteiger partial charge is 0.497 e. The number of nitrogens with one attached hydrogen (secondary N) is 2. The first-order valence-corrected chi connectivity index (χ1v) is 8.76. The van der Waals surface area contributed by atoms with Gasteiger partial charge in [0.15, 0.2) is 22.8 Å². The fourth-order valence-electron chi connectivity index (χ4n) is 3.05. The standard InChI is InChI=1S/C20H17F2N5O2/c1-11-7-13(29-2)4-6-16(11)25-20-26-19(28)17-18(24-10-23-17)27(20)9-12-3-5-14(21)15(22)8-12/h3-8,10H,9H2,1-2H3,(H,23,24)(H,25,26,28). The van der Waals surface area contributed by atoms with Gasteiger partial charge in [-0.1, -0.05) is 6.07 Å². The Morgan fingerprint density at radius 2 is 2.00 bits per heavy atom. The number of ether oxygens (including phenoxy) is 1. The summed E-state index contributed by atoms with van der Waals surface area (Å²) in [6.07, 6.45) is 1.39. The highest BCUT2D eigenvalue weighted by Crippen LogP contribution is 2.25. The van der Waals surface area contributed by atoms with Crippen LogP contribution >= 0.6 is 0 Å². The van der Waals surface area contributed by atoms with Crippen molar-refractivity contribution in [3.05, 3.63) is 75.8 Å². The number of aryl methyl sites for hydroxylation is 1. The first-order chi connectivity index (χ1) is 14.0. The normalized spacial score (nSPS) is 11.0. The molecule has 0 bridgehead atoms. The molecule has 0 radical (unpaired) electrons. The van der Waals surface area contributed by atoms with Crippen LogP contribution in [0.15, 0.2) is 47.5 Å². The van der Waals surface area contributed by atoms with Crippen molar-refractivity contribution in [1.29, 1.82) is 0 Å². The Morgan fingerprint density at radius 3 is 2.72 bits per heavy atom. The molecule has 0 atom stereocenters. The smallest absolute Gasteiger partial charge is 0.300 e. The van der Waals surface area contributed by atoms with Gasteiger partial charge < -0.3 is 15.0 Å². The second-order valence-corrected chi connectivity index (χ2v) is 6.48. The van der Waals surface area contributed by atoms with E-state index in [4.69, 9.17) is 4.74 Å². The minimum absolute atomic E-state index is 0.128. The van der Waals surface area contributed by atoms with Gasteiger partial charge >= 0.3 is 5.56 Å². The minimum atomic E-state index is -0.949. The summed E-state index contributed by atoms with van der Waals surface area (Å²) < 4.78 is 33.8. The molecule has 0 amide bonds. The number of fused-ring (bicyclic) bond motifs is 1. The zero-order valence-corrected chi connectivity index (χ0v) is 15.7. The van der Waals surface area contributed by atoms with Crippen LogP contribution in [-0.2, 0) is 6.54 Å². The molecule has 0 fully saturated rings. The average molecular weight is 397 g/mol. The van der Waals surface area contributed by atoms with Gasteiger partial charge in [0, 0.05) is 5.69 Å². The van der Waals surface area contributed by atoms with Gasteiger partial charge in [-0.2, -0.15) is 4.98 Å². The van der Waals surface area contributed by atoms with Crippen molar-refractivity contribution in [1.82, 2.24) is 19.5 Å². The maximum absolute atomic E-state index is 13.7. The zero-order chi connectivity index (χ0) is 20.5. The van der Waals surface area contributed by atoms with E-state index in [1.807, 2.05) is 13.0 Å². The number of H-pyrrole nitrogens is 1. The number of halogens is 2. The molecule has 0 spiro atoms. The summed E-state index contributed by atoms with van der Waals surface area (Å²) in [5.41, 5.74) is 2.18. The highest BCUT2D eigenvalue weighted by molar-refractivity contribution is 5.73. The highest BCUT2D eigenvalue weighted by Gasteiger charge is 2.15. The van der Waals surface area contributed by atoms with Crippen LogP contribution in [0, 0.1) is 18.6 Å². The van der Waals surface area contributed by atoms with E-state index in [-0.39, 0.29) is 18.0 Å². The maximum atomic E-state index is 13.7. The second-order valence-electron chi connectivity index (χ2n) is 6.48. The lowest BCUT2D eigenvalue weighted by Crippen LogP contribution is -2.19. The summed E-state index contributed by atoms with van der Waals surface area (Å²) in [5.74, 6) is -0.949. The van der Waals surface area contributed by atoms with Gasteiger partial charge in [-0.15, -0.1) is 0 Å². The highest BCUT2D eigenvalue weighted by atomic mass is 19.2. The molecule has 7 nitrogen and oxygen atoms in total. The van der Waals surface area contributed by atoms with E-state index in [0.29, 0.717) is 22.6 Å². The first kappa shape index (κ1) is 18.6. The van der Waals surface area contributed by atoms with Crippen molar-refractivity contribution in [3.8, 4) is 5.75 Å². The Balaban J connectivity index is 1.81. The van der Waals surface area contributed by atoms with Crippen LogP contribution in [0.3, 0.4) is 0 Å². The molecule has 0 saturated carbocycles. The third kappa shape index (κ3) is 3.54. The Kier molecular flexibility index (Phi) is 4.71. The Hall–Kier alpha value is -3.75. The molecule has 0 unspecified atom stereocenters. The Labute approximate surface area is 164 Å². The van der Waals surface area contributed by atoms with Gasteiger partial charge in [0.25, 0.3) is 0 Å². The summed E-state index contributed by atoms with van der Waals surface area (Å²) in [6, 6.07) is 9.05. The number of hydrogen-bond acceptors (Lipinski definition) is 5. The van der Waals surface area contributed by atoms with E-state index in [2.05, 4.69) is 20.3 Å². The monoisotopic (exact) mass is 397 g/mol. The van der Waals surface area contributed by atoms with Crippen LogP contribution in [0.2, 0.25) is 0 Å². The molecular formula is C20H17F2N5O2. The number of aromatic nitrogens is 4. The fraction of sp³-hybridized carbons (Fsp3) is 0.150. The molecule has 2 aromatic heterocycles. The molecule has 0 aliphatic heterocycles. The van der Waals surface area contributed by atoms with Crippen LogP contribution in [0.1, 0.15) is 11.1 Å². The molecule has 2 aromatic carbocycles. The number of anilines is 2. The Morgan fingerprint density at radius 1 is 1.17 bits per heavy atom. The van der Waals surface area contributed by atoms with E-state index in [0.717, 1.165) is 17.7 Å². The number of aromatic amines is 1. The van der Waals surface area contributed by atoms with Gasteiger partial charge in [0.1, 0.15) is 5.75 Å². The van der Waals surface area contributed by atoms with Crippen molar-refractivity contribution in [2.75, 3.05) is 12.4 Å². The van der Waals surface area contributed by atoms with E-state index < -0.39 is 17.2 Å². The van der Waals surface area contributed by atoms with Crippen LogP contribution < -0.4 is 15.6 Å². The molecular weight excluding hydrogens is 380 g/mol. The molecule has 0 aliphatic carbocycles. The summed E-state index contributed by atoms with van der Waals surface area (Å²) in [6.45, 7) is 2.01. The topological polar surface area (TPSA) is 84.8 Å². The van der Waals surface area contributed by atoms with Crippen LogP contribution in [0.5, 0.6) is 5.75 Å². The summed E-state index contributed by atoms with van der Waals surface area (Å²) >= 11 is 0. The molecule has 0 aliphatic rings. The third-order valence-electron chi connectivity index (χ3n) is 4.56. The minimum Gasteiger partial charge on any atom is -0.497 e. The average Bonchev–Trinajstić information content (AvgIpc) is 3.19. The number of imidazole rings is 1. The van der Waals surface area contributed by atoms with Gasteiger partial charge in [-0.05, 0) is 48.4 Å². The SMILES string of the molecule is COc1ccc(Nc2nc(=O)c3[nH]cnc3n2Cc2ccc(F)c(F)c2)c(C)c1. The van der Waals surface area contributed by atoms with E-state index in [1.54, 1.807) is 23.8 Å². The van der Waals surface area contributed by atoms with Crippen molar-refractivity contribution in [2.24, 2.45) is 0 Å². The number of hydrogen-bond donors (Lipinski definition) is 2. The van der Waals surface area contributed by atoms with Gasteiger partial charge in [0.05, 0.1) is 20.0 Å². The lowest BCUT2D eigenvalue weighted by Gasteiger charge is -2.16.